The van der Waals surface area contributed by atoms with E-state index in [4.69, 9.17) is 5.10 Å². The van der Waals surface area contributed by atoms with Crippen molar-refractivity contribution < 1.29 is 4.79 Å². The average Bonchev–Trinajstić information content (AvgIpc) is 3.02. The summed E-state index contributed by atoms with van der Waals surface area (Å²) in [4.78, 5) is 17.3. The number of nitrogens with zero attached hydrogens (tertiary/aromatic N) is 3. The number of aryl methyl sites for hydroxylation is 2. The molecule has 0 spiro atoms. The number of hydrogen-bond donors (Lipinski definition) is 1. The molecule has 5 heteroatoms. The van der Waals surface area contributed by atoms with Gasteiger partial charge in [-0.15, -0.1) is 0 Å². The molecule has 0 saturated carbocycles. The lowest BCUT2D eigenvalue weighted by atomic mass is 9.92. The van der Waals surface area contributed by atoms with Crippen LogP contribution >= 0.6 is 0 Å². The van der Waals surface area contributed by atoms with Crippen LogP contribution in [0.2, 0.25) is 0 Å². The highest BCUT2D eigenvalue weighted by molar-refractivity contribution is 6.03. The van der Waals surface area contributed by atoms with E-state index >= 15 is 0 Å². The molecule has 0 saturated heterocycles. The topological polar surface area (TPSA) is 59.8 Å². The van der Waals surface area contributed by atoms with Crippen LogP contribution in [-0.4, -0.2) is 20.7 Å². The Labute approximate surface area is 160 Å². The van der Waals surface area contributed by atoms with Gasteiger partial charge in [0.25, 0.3) is 5.91 Å². The second-order valence-corrected chi connectivity index (χ2v) is 7.90. The third-order valence-electron chi connectivity index (χ3n) is 4.45. The SMILES string of the molecule is Cc1cc(C)c(NC(=O)c2cc(C(C)(C)C)nn2Cc2ccccc2)cn1. The number of hydrogen-bond acceptors (Lipinski definition) is 3. The Balaban J connectivity index is 1.94. The van der Waals surface area contributed by atoms with Crippen LogP contribution < -0.4 is 5.32 Å². The van der Waals surface area contributed by atoms with Gasteiger partial charge in [0.1, 0.15) is 5.69 Å². The molecule has 2 aromatic heterocycles. The largest absolute Gasteiger partial charge is 0.319 e. The number of carbonyl (C=O) groups excluding carboxylic acids is 1. The molecular formula is C22H26N4O. The van der Waals surface area contributed by atoms with E-state index in [0.29, 0.717) is 12.2 Å². The van der Waals surface area contributed by atoms with Gasteiger partial charge in [-0.1, -0.05) is 51.1 Å². The van der Waals surface area contributed by atoms with E-state index in [0.717, 1.165) is 28.2 Å². The van der Waals surface area contributed by atoms with Gasteiger partial charge in [-0.05, 0) is 37.1 Å². The number of carbonyl (C=O) groups is 1. The predicted octanol–water partition coefficient (Wildman–Crippen LogP) is 4.49. The number of amides is 1. The van der Waals surface area contributed by atoms with Crippen LogP contribution in [0, 0.1) is 13.8 Å². The molecule has 3 rings (SSSR count). The van der Waals surface area contributed by atoms with Crippen LogP contribution in [0.4, 0.5) is 5.69 Å². The second kappa shape index (κ2) is 7.35. The van der Waals surface area contributed by atoms with E-state index in [1.807, 2.05) is 56.3 Å². The van der Waals surface area contributed by atoms with Crippen molar-refractivity contribution in [3.05, 3.63) is 76.9 Å². The molecule has 1 N–H and O–H groups in total. The van der Waals surface area contributed by atoms with E-state index in [-0.39, 0.29) is 11.3 Å². The Morgan fingerprint density at radius 1 is 1.11 bits per heavy atom. The molecule has 0 atom stereocenters. The van der Waals surface area contributed by atoms with Crippen LogP contribution in [-0.2, 0) is 12.0 Å². The van der Waals surface area contributed by atoms with Crippen molar-refractivity contribution in [3.63, 3.8) is 0 Å². The van der Waals surface area contributed by atoms with Gasteiger partial charge < -0.3 is 5.32 Å². The van der Waals surface area contributed by atoms with Crippen molar-refractivity contribution in [1.29, 1.82) is 0 Å². The molecule has 0 aliphatic rings. The first kappa shape index (κ1) is 18.8. The monoisotopic (exact) mass is 362 g/mol. The smallest absolute Gasteiger partial charge is 0.274 e. The molecule has 1 amide bonds. The third-order valence-corrected chi connectivity index (χ3v) is 4.45. The summed E-state index contributed by atoms with van der Waals surface area (Å²) in [5.74, 6) is -0.178. The minimum atomic E-state index is -0.178. The molecule has 27 heavy (non-hydrogen) atoms. The molecule has 0 radical (unpaired) electrons. The number of benzene rings is 1. The zero-order valence-corrected chi connectivity index (χ0v) is 16.6. The third kappa shape index (κ3) is 4.42. The molecule has 5 nitrogen and oxygen atoms in total. The van der Waals surface area contributed by atoms with Crippen LogP contribution in [0.1, 0.15) is 53.8 Å². The van der Waals surface area contributed by atoms with Crippen molar-refractivity contribution >= 4 is 11.6 Å². The number of nitrogens with one attached hydrogen (secondary N) is 1. The first-order chi connectivity index (χ1) is 12.7. The Bertz CT molecular complexity index is 952. The molecular weight excluding hydrogens is 336 g/mol. The first-order valence-electron chi connectivity index (χ1n) is 9.11. The van der Waals surface area contributed by atoms with E-state index in [9.17, 15) is 4.79 Å². The van der Waals surface area contributed by atoms with Gasteiger partial charge in [-0.25, -0.2) is 0 Å². The highest BCUT2D eigenvalue weighted by Crippen LogP contribution is 2.23. The fourth-order valence-corrected chi connectivity index (χ4v) is 2.86. The Morgan fingerprint density at radius 2 is 1.81 bits per heavy atom. The van der Waals surface area contributed by atoms with Gasteiger partial charge in [0.2, 0.25) is 0 Å². The fourth-order valence-electron chi connectivity index (χ4n) is 2.86. The maximum atomic E-state index is 13.0. The molecule has 0 aliphatic carbocycles. The van der Waals surface area contributed by atoms with Crippen molar-refractivity contribution in [1.82, 2.24) is 14.8 Å². The first-order valence-corrected chi connectivity index (χ1v) is 9.11. The van der Waals surface area contributed by atoms with Gasteiger partial charge in [-0.2, -0.15) is 5.10 Å². The molecule has 0 bridgehead atoms. The molecule has 2 heterocycles. The van der Waals surface area contributed by atoms with Crippen molar-refractivity contribution in [2.75, 3.05) is 5.32 Å². The van der Waals surface area contributed by atoms with Crippen molar-refractivity contribution in [2.24, 2.45) is 0 Å². The summed E-state index contributed by atoms with van der Waals surface area (Å²) in [6, 6.07) is 13.9. The lowest BCUT2D eigenvalue weighted by molar-refractivity contribution is 0.101. The number of aromatic nitrogens is 3. The minimum Gasteiger partial charge on any atom is -0.319 e. The molecule has 0 fully saturated rings. The fraction of sp³-hybridized carbons (Fsp3) is 0.318. The normalized spacial score (nSPS) is 11.4. The molecule has 0 aliphatic heterocycles. The standard InChI is InChI=1S/C22H26N4O/c1-15-11-16(2)23-13-18(15)24-21(27)19-12-20(22(3,4)5)25-26(19)14-17-9-7-6-8-10-17/h6-13H,14H2,1-5H3,(H,24,27). The highest BCUT2D eigenvalue weighted by Gasteiger charge is 2.23. The summed E-state index contributed by atoms with van der Waals surface area (Å²) in [5.41, 5.74) is 5.03. The quantitative estimate of drug-likeness (QED) is 0.744. The highest BCUT2D eigenvalue weighted by atomic mass is 16.2. The summed E-state index contributed by atoms with van der Waals surface area (Å²) in [5, 5.41) is 7.70. The maximum absolute atomic E-state index is 13.0. The Hall–Kier alpha value is -2.95. The van der Waals surface area contributed by atoms with Crippen LogP contribution in [0.25, 0.3) is 0 Å². The Kier molecular flexibility index (Phi) is 5.13. The summed E-state index contributed by atoms with van der Waals surface area (Å²) >= 11 is 0. The second-order valence-electron chi connectivity index (χ2n) is 7.90. The zero-order chi connectivity index (χ0) is 19.6. The zero-order valence-electron chi connectivity index (χ0n) is 16.6. The number of rotatable bonds is 4. The minimum absolute atomic E-state index is 0.141. The summed E-state index contributed by atoms with van der Waals surface area (Å²) in [6.45, 7) is 10.7. The van der Waals surface area contributed by atoms with Crippen LogP contribution in [0.15, 0.2) is 48.7 Å². The number of anilines is 1. The predicted molar refractivity (Wildman–Crippen MR) is 108 cm³/mol. The molecule has 0 unspecified atom stereocenters. The van der Waals surface area contributed by atoms with E-state index in [1.165, 1.54) is 0 Å². The van der Waals surface area contributed by atoms with E-state index < -0.39 is 0 Å². The van der Waals surface area contributed by atoms with Crippen molar-refractivity contribution in [2.45, 2.75) is 46.6 Å². The van der Waals surface area contributed by atoms with Crippen LogP contribution in [0.3, 0.4) is 0 Å². The molecule has 1 aromatic carbocycles. The lowest BCUT2D eigenvalue weighted by Crippen LogP contribution is -2.19. The van der Waals surface area contributed by atoms with E-state index in [2.05, 4.69) is 31.1 Å². The average molecular weight is 362 g/mol. The van der Waals surface area contributed by atoms with Gasteiger partial charge in [-0.3, -0.25) is 14.5 Å². The maximum Gasteiger partial charge on any atom is 0.274 e. The van der Waals surface area contributed by atoms with E-state index in [1.54, 1.807) is 10.9 Å². The summed E-state index contributed by atoms with van der Waals surface area (Å²) < 4.78 is 1.78. The lowest BCUT2D eigenvalue weighted by Gasteiger charge is -2.14. The van der Waals surface area contributed by atoms with Gasteiger partial charge in [0.15, 0.2) is 0 Å². The van der Waals surface area contributed by atoms with Crippen LogP contribution in [0.5, 0.6) is 0 Å². The van der Waals surface area contributed by atoms with Gasteiger partial charge >= 0.3 is 0 Å². The summed E-state index contributed by atoms with van der Waals surface area (Å²) in [6.07, 6.45) is 1.70. The number of pyridine rings is 1. The molecule has 140 valence electrons. The van der Waals surface area contributed by atoms with Gasteiger partial charge in [0.05, 0.1) is 24.1 Å². The van der Waals surface area contributed by atoms with Gasteiger partial charge in [0, 0.05) is 11.1 Å². The Morgan fingerprint density at radius 3 is 2.44 bits per heavy atom. The van der Waals surface area contributed by atoms with Crippen molar-refractivity contribution in [3.8, 4) is 0 Å². The summed E-state index contributed by atoms with van der Waals surface area (Å²) in [7, 11) is 0. The molecule has 3 aromatic rings.